The van der Waals surface area contributed by atoms with E-state index in [9.17, 15) is 26.3 Å². The third-order valence-electron chi connectivity index (χ3n) is 5.63. The maximum absolute atomic E-state index is 10.6. The lowest BCUT2D eigenvalue weighted by Crippen LogP contribution is -2.37. The molecule has 1 unspecified atom stereocenters. The number of rotatable bonds is 5. The molecule has 2 aromatic heterocycles. The fourth-order valence-corrected chi connectivity index (χ4v) is 4.71. The summed E-state index contributed by atoms with van der Waals surface area (Å²) in [6.45, 7) is 8.22. The lowest BCUT2D eigenvalue weighted by Gasteiger charge is -2.33. The van der Waals surface area contributed by atoms with Gasteiger partial charge in [-0.25, -0.2) is 9.59 Å². The predicted octanol–water partition coefficient (Wildman–Crippen LogP) is 3.11. The van der Waals surface area contributed by atoms with Gasteiger partial charge in [0.1, 0.15) is 0 Å². The summed E-state index contributed by atoms with van der Waals surface area (Å²) in [6, 6.07) is 4.12. The maximum Gasteiger partial charge on any atom is 0.490 e. The first-order valence-corrected chi connectivity index (χ1v) is 13.1. The van der Waals surface area contributed by atoms with Crippen LogP contribution in [0.15, 0.2) is 18.3 Å². The number of hydrogen-bond acceptors (Lipinski definition) is 9. The molecule has 224 valence electrons. The van der Waals surface area contributed by atoms with Crippen LogP contribution >= 0.6 is 11.8 Å². The van der Waals surface area contributed by atoms with Crippen LogP contribution in [0.25, 0.3) is 0 Å². The Balaban J connectivity index is 0.000000333. The van der Waals surface area contributed by atoms with Crippen molar-refractivity contribution in [2.24, 2.45) is 5.92 Å². The van der Waals surface area contributed by atoms with E-state index >= 15 is 0 Å². The first-order valence-electron chi connectivity index (χ1n) is 12.0. The minimum atomic E-state index is -5.08. The molecule has 2 fully saturated rings. The highest BCUT2D eigenvalue weighted by atomic mass is 32.2. The zero-order valence-corrected chi connectivity index (χ0v) is 22.2. The maximum atomic E-state index is 10.6. The number of aryl methyl sites for hydroxylation is 1. The molecule has 2 N–H and O–H groups in total. The minimum Gasteiger partial charge on any atom is -0.475 e. The van der Waals surface area contributed by atoms with Gasteiger partial charge in [-0.15, -0.1) is 10.2 Å². The van der Waals surface area contributed by atoms with Crippen LogP contribution in [0.1, 0.15) is 24.2 Å². The van der Waals surface area contributed by atoms with Gasteiger partial charge in [-0.1, -0.05) is 5.21 Å². The molecule has 0 bridgehead atoms. The fraction of sp³-hybridized carbons (Fsp3) is 0.636. The Morgan fingerprint density at radius 2 is 1.57 bits per heavy atom. The molecule has 0 radical (unpaired) electrons. The van der Waals surface area contributed by atoms with E-state index < -0.39 is 24.3 Å². The van der Waals surface area contributed by atoms with Gasteiger partial charge in [-0.2, -0.15) is 43.2 Å². The van der Waals surface area contributed by atoms with Gasteiger partial charge in [0.2, 0.25) is 0 Å². The molecule has 11 nitrogen and oxygen atoms in total. The molecule has 0 aliphatic carbocycles. The number of carbonyl (C=O) groups is 2. The molecular formula is C22H29F6N7O4S. The topological polar surface area (TPSA) is 138 Å². The van der Waals surface area contributed by atoms with Gasteiger partial charge in [0.15, 0.2) is 5.82 Å². The summed E-state index contributed by atoms with van der Waals surface area (Å²) < 4.78 is 65.5. The van der Waals surface area contributed by atoms with Crippen LogP contribution in [-0.4, -0.2) is 102 Å². The van der Waals surface area contributed by atoms with Crippen LogP contribution in [0.2, 0.25) is 0 Å². The van der Waals surface area contributed by atoms with E-state index in [0.29, 0.717) is 5.92 Å². The number of halogens is 6. The molecule has 2 aliphatic rings. The highest BCUT2D eigenvalue weighted by molar-refractivity contribution is 7.99. The summed E-state index contributed by atoms with van der Waals surface area (Å²) in [5.74, 6) is -1.49. The number of aromatic nitrogens is 5. The Morgan fingerprint density at radius 1 is 0.975 bits per heavy atom. The summed E-state index contributed by atoms with van der Waals surface area (Å²) in [5, 5.41) is 31.6. The quantitative estimate of drug-likeness (QED) is 0.489. The minimum absolute atomic E-state index is 0.577. The molecule has 0 spiro atoms. The highest BCUT2D eigenvalue weighted by Gasteiger charge is 2.38. The number of nitrogens with zero attached hydrogens (tertiary/aromatic N) is 7. The Morgan fingerprint density at radius 3 is 2.10 bits per heavy atom. The first kappa shape index (κ1) is 33.1. The summed E-state index contributed by atoms with van der Waals surface area (Å²) in [7, 11) is 0. The lowest BCUT2D eigenvalue weighted by molar-refractivity contribution is -0.193. The number of thioether (sulfide) groups is 1. The van der Waals surface area contributed by atoms with Crippen molar-refractivity contribution in [2.45, 2.75) is 45.2 Å². The molecule has 0 aromatic carbocycles. The molecular weight excluding hydrogens is 572 g/mol. The monoisotopic (exact) mass is 601 g/mol. The predicted molar refractivity (Wildman–Crippen MR) is 132 cm³/mol. The van der Waals surface area contributed by atoms with Crippen LogP contribution in [0.4, 0.5) is 32.2 Å². The van der Waals surface area contributed by atoms with E-state index in [1.165, 1.54) is 24.3 Å². The molecule has 18 heteroatoms. The van der Waals surface area contributed by atoms with Crippen LogP contribution < -0.4 is 4.90 Å². The van der Waals surface area contributed by atoms with Gasteiger partial charge in [-0.05, 0) is 37.8 Å². The van der Waals surface area contributed by atoms with Crippen molar-refractivity contribution in [1.82, 2.24) is 30.1 Å². The average Bonchev–Trinajstić information content (AvgIpc) is 3.31. The summed E-state index contributed by atoms with van der Waals surface area (Å²) in [6.07, 6.45) is -5.62. The Kier molecular flexibility index (Phi) is 12.4. The number of carboxylic acid groups (broad SMARTS) is 2. The van der Waals surface area contributed by atoms with Crippen molar-refractivity contribution < 1.29 is 46.1 Å². The van der Waals surface area contributed by atoms with Crippen LogP contribution in [0, 0.1) is 12.8 Å². The molecule has 2 saturated heterocycles. The molecule has 4 heterocycles. The Labute approximate surface area is 229 Å². The van der Waals surface area contributed by atoms with Crippen molar-refractivity contribution in [3.05, 3.63) is 29.7 Å². The summed E-state index contributed by atoms with van der Waals surface area (Å²) in [5.41, 5.74) is 2.05. The standard InChI is InChI=1S/C18H27N7S.2C2HF3O2/c1-15-4-5-18(21-19-15)24-6-2-3-16(11-24)12-25-14-17(20-22-25)13-23-7-9-26-10-8-23;2*3-2(4,5)1(6)7/h4-5,14,16H,2-3,6-13H2,1H3;2*(H,6,7). The van der Waals surface area contributed by atoms with E-state index in [4.69, 9.17) is 19.8 Å². The number of anilines is 1. The van der Waals surface area contributed by atoms with Gasteiger partial charge < -0.3 is 15.1 Å². The third-order valence-corrected chi connectivity index (χ3v) is 6.57. The number of hydrogen-bond donors (Lipinski definition) is 2. The zero-order chi connectivity index (χ0) is 29.9. The van der Waals surface area contributed by atoms with Gasteiger partial charge in [0.25, 0.3) is 0 Å². The second-order valence-electron chi connectivity index (χ2n) is 8.91. The molecule has 40 heavy (non-hydrogen) atoms. The normalized spacial score (nSPS) is 18.2. The SMILES string of the molecule is Cc1ccc(N2CCCC(Cn3cc(CN4CCSCC4)nn3)C2)nn1.O=C(O)C(F)(F)F.O=C(O)C(F)(F)F. The summed E-state index contributed by atoms with van der Waals surface area (Å²) in [4.78, 5) is 22.6. The highest BCUT2D eigenvalue weighted by Crippen LogP contribution is 2.22. The van der Waals surface area contributed by atoms with Crippen molar-refractivity contribution in [2.75, 3.05) is 42.6 Å². The van der Waals surface area contributed by atoms with Crippen LogP contribution in [-0.2, 0) is 22.7 Å². The smallest absolute Gasteiger partial charge is 0.475 e. The van der Waals surface area contributed by atoms with E-state index in [-0.39, 0.29) is 0 Å². The number of aliphatic carboxylic acids is 2. The van der Waals surface area contributed by atoms with Gasteiger partial charge >= 0.3 is 24.3 Å². The van der Waals surface area contributed by atoms with Crippen molar-refractivity contribution in [3.8, 4) is 0 Å². The summed E-state index contributed by atoms with van der Waals surface area (Å²) >= 11 is 2.04. The van der Waals surface area contributed by atoms with Gasteiger partial charge in [-0.3, -0.25) is 9.58 Å². The van der Waals surface area contributed by atoms with Crippen LogP contribution in [0.3, 0.4) is 0 Å². The molecule has 2 aromatic rings. The van der Waals surface area contributed by atoms with Crippen molar-refractivity contribution in [3.63, 3.8) is 0 Å². The number of piperidine rings is 1. The zero-order valence-electron chi connectivity index (χ0n) is 21.4. The van der Waals surface area contributed by atoms with Crippen molar-refractivity contribution >= 4 is 29.5 Å². The third kappa shape index (κ3) is 11.9. The molecule has 0 saturated carbocycles. The average molecular weight is 602 g/mol. The number of alkyl halides is 6. The van der Waals surface area contributed by atoms with Gasteiger partial charge in [0.05, 0.1) is 11.4 Å². The van der Waals surface area contributed by atoms with E-state index in [1.807, 2.05) is 29.4 Å². The van der Waals surface area contributed by atoms with Gasteiger partial charge in [0, 0.05) is 57.0 Å². The number of carboxylic acids is 2. The lowest BCUT2D eigenvalue weighted by atomic mass is 9.98. The van der Waals surface area contributed by atoms with Crippen LogP contribution in [0.5, 0.6) is 0 Å². The Hall–Kier alpha value is -3.15. The molecule has 0 amide bonds. The second kappa shape index (κ2) is 15.0. The van der Waals surface area contributed by atoms with Crippen molar-refractivity contribution in [1.29, 1.82) is 0 Å². The largest absolute Gasteiger partial charge is 0.490 e. The van der Waals surface area contributed by atoms with E-state index in [0.717, 1.165) is 56.5 Å². The van der Waals surface area contributed by atoms with E-state index in [1.54, 1.807) is 0 Å². The second-order valence-corrected chi connectivity index (χ2v) is 10.1. The molecule has 4 rings (SSSR count). The molecule has 1 atom stereocenters. The Bertz CT molecular complexity index is 1050. The first-order chi connectivity index (χ1) is 18.6. The van der Waals surface area contributed by atoms with E-state index in [2.05, 4.69) is 42.6 Å². The molecule has 2 aliphatic heterocycles. The fourth-order valence-electron chi connectivity index (χ4n) is 3.74.